The lowest BCUT2D eigenvalue weighted by atomic mass is 10.1. The van der Waals surface area contributed by atoms with Crippen molar-refractivity contribution in [2.45, 2.75) is 26.0 Å². The van der Waals surface area contributed by atoms with Crippen molar-refractivity contribution in [2.24, 2.45) is 0 Å². The molecule has 1 aliphatic heterocycles. The summed E-state index contributed by atoms with van der Waals surface area (Å²) in [4.78, 5) is 19.0. The topological polar surface area (TPSA) is 47.4 Å². The van der Waals surface area contributed by atoms with E-state index < -0.39 is 18.5 Å². The van der Waals surface area contributed by atoms with Crippen LogP contribution in [0.3, 0.4) is 0 Å². The van der Waals surface area contributed by atoms with Crippen molar-refractivity contribution in [3.8, 4) is 11.4 Å². The summed E-state index contributed by atoms with van der Waals surface area (Å²) in [5.74, 6) is -0.753. The van der Waals surface area contributed by atoms with E-state index in [0.29, 0.717) is 23.3 Å². The van der Waals surface area contributed by atoms with Gasteiger partial charge in [0.1, 0.15) is 17.3 Å². The second-order valence-corrected chi connectivity index (χ2v) is 6.84. The number of hydrogen-bond acceptors (Lipinski definition) is 3. The Morgan fingerprint density at radius 1 is 1.32 bits per heavy atom. The first-order valence-corrected chi connectivity index (χ1v) is 8.94. The number of carbonyl (C=O) groups is 1. The molecule has 3 aromatic rings. The average molecular weight is 410 g/mol. The van der Waals surface area contributed by atoms with Crippen molar-refractivity contribution in [1.82, 2.24) is 14.5 Å². The number of carbonyl (C=O) groups excluding carboxylic acids is 1. The van der Waals surface area contributed by atoms with Gasteiger partial charge < -0.3 is 9.64 Å². The summed E-state index contributed by atoms with van der Waals surface area (Å²) >= 11 is 5.96. The SMILES string of the molecule is CCC1c2nc3cc(F)c(Cl)cc3n2-c2c(OC(F)F)cccc2C(=O)N1C. The molecule has 0 saturated carbocycles. The molecule has 1 unspecified atom stereocenters. The molecule has 0 N–H and O–H groups in total. The number of amides is 1. The van der Waals surface area contributed by atoms with Gasteiger partial charge in [0, 0.05) is 13.1 Å². The number of para-hydroxylation sites is 1. The second-order valence-electron chi connectivity index (χ2n) is 6.43. The van der Waals surface area contributed by atoms with E-state index in [2.05, 4.69) is 9.72 Å². The second kappa shape index (κ2) is 6.70. The van der Waals surface area contributed by atoms with Gasteiger partial charge in [-0.2, -0.15) is 8.78 Å². The number of hydrogen-bond donors (Lipinski definition) is 0. The zero-order chi connectivity index (χ0) is 20.2. The van der Waals surface area contributed by atoms with Gasteiger partial charge in [0.15, 0.2) is 5.75 Å². The molecule has 0 fully saturated rings. The maximum absolute atomic E-state index is 14.0. The smallest absolute Gasteiger partial charge is 0.387 e. The van der Waals surface area contributed by atoms with Crippen LogP contribution in [-0.2, 0) is 0 Å². The number of aromatic nitrogens is 2. The van der Waals surface area contributed by atoms with E-state index in [9.17, 15) is 18.0 Å². The Morgan fingerprint density at radius 2 is 2.07 bits per heavy atom. The van der Waals surface area contributed by atoms with Gasteiger partial charge in [0.25, 0.3) is 5.91 Å². The van der Waals surface area contributed by atoms with Crippen molar-refractivity contribution >= 4 is 28.5 Å². The molecular weight excluding hydrogens is 395 g/mol. The zero-order valence-corrected chi connectivity index (χ0v) is 15.7. The number of halogens is 4. The van der Waals surface area contributed by atoms with Crippen LogP contribution in [0.25, 0.3) is 16.7 Å². The predicted molar refractivity (Wildman–Crippen MR) is 97.8 cm³/mol. The predicted octanol–water partition coefficient (Wildman–Crippen LogP) is 4.96. The number of ether oxygens (including phenoxy) is 1. The number of imidazole rings is 1. The number of rotatable bonds is 3. The van der Waals surface area contributed by atoms with Crippen LogP contribution >= 0.6 is 11.6 Å². The molecule has 2 aromatic carbocycles. The summed E-state index contributed by atoms with van der Waals surface area (Å²) in [6, 6.07) is 6.46. The van der Waals surface area contributed by atoms with Crippen molar-refractivity contribution in [1.29, 1.82) is 0 Å². The van der Waals surface area contributed by atoms with Crippen LogP contribution in [0.15, 0.2) is 30.3 Å². The Morgan fingerprint density at radius 3 is 2.75 bits per heavy atom. The van der Waals surface area contributed by atoms with Crippen molar-refractivity contribution in [2.75, 3.05) is 7.05 Å². The molecule has 1 amide bonds. The fourth-order valence-corrected chi connectivity index (χ4v) is 3.79. The summed E-state index contributed by atoms with van der Waals surface area (Å²) in [7, 11) is 1.61. The number of alkyl halides is 2. The van der Waals surface area contributed by atoms with Gasteiger partial charge in [-0.3, -0.25) is 9.36 Å². The molecule has 1 aliphatic rings. The van der Waals surface area contributed by atoms with Gasteiger partial charge in [0.05, 0.1) is 27.7 Å². The molecule has 1 atom stereocenters. The third-order valence-corrected chi connectivity index (χ3v) is 5.15. The van der Waals surface area contributed by atoms with Crippen molar-refractivity contribution in [3.05, 3.63) is 52.6 Å². The third-order valence-electron chi connectivity index (χ3n) is 4.86. The first kappa shape index (κ1) is 18.6. The molecule has 2 heterocycles. The van der Waals surface area contributed by atoms with E-state index >= 15 is 0 Å². The maximum atomic E-state index is 14.0. The minimum atomic E-state index is -3.08. The van der Waals surface area contributed by atoms with E-state index in [1.54, 1.807) is 11.6 Å². The molecular formula is C19H15ClF3N3O2. The Bertz CT molecular complexity index is 1100. The summed E-state index contributed by atoms with van der Waals surface area (Å²) in [5.41, 5.74) is 1.01. The fourth-order valence-electron chi connectivity index (χ4n) is 3.63. The quantitative estimate of drug-likeness (QED) is 0.614. The first-order valence-electron chi connectivity index (χ1n) is 8.56. The maximum Gasteiger partial charge on any atom is 0.387 e. The zero-order valence-electron chi connectivity index (χ0n) is 14.9. The van der Waals surface area contributed by atoms with Crippen LogP contribution in [0.4, 0.5) is 13.2 Å². The van der Waals surface area contributed by atoms with E-state index in [1.807, 2.05) is 6.92 Å². The number of nitrogens with zero attached hydrogens (tertiary/aromatic N) is 3. The molecule has 9 heteroatoms. The lowest BCUT2D eigenvalue weighted by Crippen LogP contribution is -2.30. The standard InChI is InChI=1S/C19H15ClF3N3O2/c1-3-13-17-24-12-8-11(21)10(20)7-14(12)26(17)16-9(18(27)25(13)2)5-4-6-15(16)28-19(22)23/h4-8,13,19H,3H2,1-2H3. The van der Waals surface area contributed by atoms with Gasteiger partial charge >= 0.3 is 6.61 Å². The Labute approximate surface area is 163 Å². The molecule has 4 rings (SSSR count). The van der Waals surface area contributed by atoms with Gasteiger partial charge in [-0.05, 0) is 24.6 Å². The molecule has 0 radical (unpaired) electrons. The summed E-state index contributed by atoms with van der Waals surface area (Å²) in [5, 5.41) is -0.138. The molecule has 146 valence electrons. The van der Waals surface area contributed by atoms with Gasteiger partial charge in [-0.25, -0.2) is 9.37 Å². The molecule has 5 nitrogen and oxygen atoms in total. The van der Waals surface area contributed by atoms with Crippen LogP contribution in [-0.4, -0.2) is 34.0 Å². The number of fused-ring (bicyclic) bond motifs is 5. The first-order chi connectivity index (χ1) is 13.3. The Hall–Kier alpha value is -2.74. The minimum Gasteiger partial charge on any atom is -0.433 e. The highest BCUT2D eigenvalue weighted by molar-refractivity contribution is 6.31. The molecule has 0 spiro atoms. The highest BCUT2D eigenvalue weighted by atomic mass is 35.5. The fraction of sp³-hybridized carbons (Fsp3) is 0.263. The Kier molecular flexibility index (Phi) is 4.45. The normalized spacial score (nSPS) is 16.3. The van der Waals surface area contributed by atoms with Crippen LogP contribution < -0.4 is 4.74 Å². The lowest BCUT2D eigenvalue weighted by Gasteiger charge is -2.24. The Balaban J connectivity index is 2.15. The highest BCUT2D eigenvalue weighted by Gasteiger charge is 2.35. The highest BCUT2D eigenvalue weighted by Crippen LogP contribution is 2.40. The molecule has 0 bridgehead atoms. The minimum absolute atomic E-state index is 0.135. The average Bonchev–Trinajstić information content (AvgIpc) is 2.95. The molecule has 28 heavy (non-hydrogen) atoms. The monoisotopic (exact) mass is 409 g/mol. The largest absolute Gasteiger partial charge is 0.433 e. The van der Waals surface area contributed by atoms with Gasteiger partial charge in [-0.1, -0.05) is 24.6 Å². The lowest BCUT2D eigenvalue weighted by molar-refractivity contribution is -0.0498. The van der Waals surface area contributed by atoms with E-state index in [4.69, 9.17) is 11.6 Å². The summed E-state index contributed by atoms with van der Waals surface area (Å²) in [6.07, 6.45) is 0.515. The van der Waals surface area contributed by atoms with Gasteiger partial charge in [0.2, 0.25) is 0 Å². The molecule has 0 saturated heterocycles. The number of benzene rings is 2. The van der Waals surface area contributed by atoms with E-state index in [-0.39, 0.29) is 27.9 Å². The third kappa shape index (κ3) is 2.71. The van der Waals surface area contributed by atoms with Crippen LogP contribution in [0, 0.1) is 5.82 Å². The van der Waals surface area contributed by atoms with Gasteiger partial charge in [-0.15, -0.1) is 0 Å². The summed E-state index contributed by atoms with van der Waals surface area (Å²) < 4.78 is 46.3. The summed E-state index contributed by atoms with van der Waals surface area (Å²) in [6.45, 7) is -1.21. The van der Waals surface area contributed by atoms with Crippen LogP contribution in [0.5, 0.6) is 5.75 Å². The van der Waals surface area contributed by atoms with Crippen LogP contribution in [0.2, 0.25) is 5.02 Å². The molecule has 1 aromatic heterocycles. The van der Waals surface area contributed by atoms with Crippen molar-refractivity contribution < 1.29 is 22.7 Å². The van der Waals surface area contributed by atoms with Crippen molar-refractivity contribution in [3.63, 3.8) is 0 Å². The molecule has 0 aliphatic carbocycles. The van der Waals surface area contributed by atoms with E-state index in [1.165, 1.54) is 35.2 Å². The van der Waals surface area contributed by atoms with E-state index in [0.717, 1.165) is 0 Å². The van der Waals surface area contributed by atoms with Crippen LogP contribution in [0.1, 0.15) is 35.6 Å².